The zero-order chi connectivity index (χ0) is 8.39. The number of aromatic nitrogens is 2. The first-order valence-electron chi connectivity index (χ1n) is 3.41. The molecule has 0 unspecified atom stereocenters. The third kappa shape index (κ3) is 2.26. The molecule has 0 aliphatic rings. The molecule has 2 aromatic rings. The van der Waals surface area contributed by atoms with Crippen molar-refractivity contribution in [1.29, 1.82) is 0 Å². The SMILES string of the molecule is Br.Oc1csc(-c2cccnc2)n1. The molecule has 3 nitrogen and oxygen atoms in total. The lowest BCUT2D eigenvalue weighted by Gasteiger charge is -1.91. The summed E-state index contributed by atoms with van der Waals surface area (Å²) in [5.74, 6) is 0.0684. The van der Waals surface area contributed by atoms with Gasteiger partial charge in [-0.05, 0) is 12.1 Å². The number of hydrogen-bond acceptors (Lipinski definition) is 4. The van der Waals surface area contributed by atoms with Crippen LogP contribution in [-0.2, 0) is 0 Å². The number of nitrogens with zero attached hydrogens (tertiary/aromatic N) is 2. The smallest absolute Gasteiger partial charge is 0.222 e. The molecule has 0 saturated carbocycles. The number of rotatable bonds is 1. The van der Waals surface area contributed by atoms with Crippen LogP contribution in [-0.4, -0.2) is 15.1 Å². The first-order valence-corrected chi connectivity index (χ1v) is 4.29. The van der Waals surface area contributed by atoms with Crippen LogP contribution in [0.3, 0.4) is 0 Å². The summed E-state index contributed by atoms with van der Waals surface area (Å²) in [5.41, 5.74) is 0.933. The van der Waals surface area contributed by atoms with E-state index in [0.717, 1.165) is 10.6 Å². The van der Waals surface area contributed by atoms with Crippen LogP contribution in [0, 0.1) is 0 Å². The summed E-state index contributed by atoms with van der Waals surface area (Å²) >= 11 is 1.40. The second kappa shape index (κ2) is 4.34. The fourth-order valence-corrected chi connectivity index (χ4v) is 1.56. The molecular weight excluding hydrogens is 252 g/mol. The third-order valence-corrected chi connectivity index (χ3v) is 2.28. The Labute approximate surface area is 89.9 Å². The second-order valence-electron chi connectivity index (χ2n) is 2.25. The van der Waals surface area contributed by atoms with Crippen molar-refractivity contribution in [3.63, 3.8) is 0 Å². The maximum Gasteiger partial charge on any atom is 0.222 e. The van der Waals surface area contributed by atoms with Gasteiger partial charge in [-0.1, -0.05) is 0 Å². The zero-order valence-corrected chi connectivity index (χ0v) is 9.07. The number of hydrogen-bond donors (Lipinski definition) is 1. The Bertz CT molecular complexity index is 377. The number of pyridine rings is 1. The predicted octanol–water partition coefficient (Wildman–Crippen LogP) is 2.49. The van der Waals surface area contributed by atoms with E-state index in [0.29, 0.717) is 0 Å². The van der Waals surface area contributed by atoms with E-state index in [9.17, 15) is 0 Å². The lowest BCUT2D eigenvalue weighted by molar-refractivity contribution is 0.458. The van der Waals surface area contributed by atoms with Gasteiger partial charge in [-0.25, -0.2) is 4.98 Å². The van der Waals surface area contributed by atoms with Crippen molar-refractivity contribution < 1.29 is 5.11 Å². The number of halogens is 1. The minimum atomic E-state index is 0. The van der Waals surface area contributed by atoms with Crippen LogP contribution in [0.25, 0.3) is 10.6 Å². The van der Waals surface area contributed by atoms with E-state index in [1.54, 1.807) is 17.8 Å². The molecule has 0 saturated heterocycles. The number of aromatic hydroxyl groups is 1. The molecule has 0 bridgehead atoms. The Morgan fingerprint density at radius 3 is 2.77 bits per heavy atom. The summed E-state index contributed by atoms with van der Waals surface area (Å²) < 4.78 is 0. The summed E-state index contributed by atoms with van der Waals surface area (Å²) in [6.07, 6.45) is 3.43. The second-order valence-corrected chi connectivity index (χ2v) is 3.11. The highest BCUT2D eigenvalue weighted by molar-refractivity contribution is 8.93. The topological polar surface area (TPSA) is 46.0 Å². The van der Waals surface area contributed by atoms with E-state index in [1.807, 2.05) is 12.1 Å². The molecule has 68 valence electrons. The summed E-state index contributed by atoms with van der Waals surface area (Å²) in [5, 5.41) is 11.4. The Morgan fingerprint density at radius 2 is 2.23 bits per heavy atom. The molecule has 13 heavy (non-hydrogen) atoms. The quantitative estimate of drug-likeness (QED) is 0.855. The van der Waals surface area contributed by atoms with Crippen molar-refractivity contribution in [3.8, 4) is 16.5 Å². The molecule has 5 heteroatoms. The summed E-state index contributed by atoms with van der Waals surface area (Å²) in [4.78, 5) is 7.87. The molecule has 2 heterocycles. The third-order valence-electron chi connectivity index (χ3n) is 1.40. The standard InChI is InChI=1S/C8H6N2OS.BrH/c11-7-5-12-8(10-7)6-2-1-3-9-4-6;/h1-5,11H;1H. The predicted molar refractivity (Wildman–Crippen MR) is 57.3 cm³/mol. The van der Waals surface area contributed by atoms with Crippen LogP contribution in [0.4, 0.5) is 0 Å². The maximum atomic E-state index is 8.99. The lowest BCUT2D eigenvalue weighted by Crippen LogP contribution is -1.75. The number of thiazole rings is 1. The summed E-state index contributed by atoms with van der Waals surface area (Å²) in [6.45, 7) is 0. The molecule has 1 N–H and O–H groups in total. The minimum Gasteiger partial charge on any atom is -0.493 e. The Balaban J connectivity index is 0.000000845. The van der Waals surface area contributed by atoms with Gasteiger partial charge in [0.05, 0.1) is 5.38 Å². The van der Waals surface area contributed by atoms with Gasteiger partial charge in [-0.2, -0.15) is 0 Å². The van der Waals surface area contributed by atoms with Gasteiger partial charge in [0.25, 0.3) is 0 Å². The lowest BCUT2D eigenvalue weighted by atomic mass is 10.3. The fourth-order valence-electron chi connectivity index (χ4n) is 0.887. The molecular formula is C8H7BrN2OS. The maximum absolute atomic E-state index is 8.99. The Kier molecular flexibility index (Phi) is 3.39. The molecule has 0 atom stereocenters. The van der Waals surface area contributed by atoms with Crippen LogP contribution in [0.2, 0.25) is 0 Å². The summed E-state index contributed by atoms with van der Waals surface area (Å²) in [6, 6.07) is 3.75. The van der Waals surface area contributed by atoms with E-state index in [-0.39, 0.29) is 22.9 Å². The van der Waals surface area contributed by atoms with Crippen molar-refractivity contribution >= 4 is 28.3 Å². The normalized spacial score (nSPS) is 9.23. The van der Waals surface area contributed by atoms with Gasteiger partial charge in [0, 0.05) is 18.0 Å². The van der Waals surface area contributed by atoms with Gasteiger partial charge in [-0.15, -0.1) is 28.3 Å². The van der Waals surface area contributed by atoms with Crippen LogP contribution < -0.4 is 0 Å². The summed E-state index contributed by atoms with van der Waals surface area (Å²) in [7, 11) is 0. The molecule has 0 aromatic carbocycles. The molecule has 0 spiro atoms. The first-order chi connectivity index (χ1) is 5.86. The largest absolute Gasteiger partial charge is 0.493 e. The molecule has 0 amide bonds. The van der Waals surface area contributed by atoms with Crippen LogP contribution in [0.15, 0.2) is 29.9 Å². The average molecular weight is 259 g/mol. The Hall–Kier alpha value is -0.940. The van der Waals surface area contributed by atoms with Crippen molar-refractivity contribution in [2.75, 3.05) is 0 Å². The van der Waals surface area contributed by atoms with Crippen LogP contribution in [0.1, 0.15) is 0 Å². The van der Waals surface area contributed by atoms with Gasteiger partial charge in [0.2, 0.25) is 5.88 Å². The molecule has 0 fully saturated rings. The van der Waals surface area contributed by atoms with Crippen molar-refractivity contribution in [1.82, 2.24) is 9.97 Å². The monoisotopic (exact) mass is 258 g/mol. The van der Waals surface area contributed by atoms with Gasteiger partial charge in [-0.3, -0.25) is 4.98 Å². The van der Waals surface area contributed by atoms with Crippen molar-refractivity contribution in [2.45, 2.75) is 0 Å². The van der Waals surface area contributed by atoms with Gasteiger partial charge in [0.15, 0.2) is 0 Å². The zero-order valence-electron chi connectivity index (χ0n) is 6.54. The van der Waals surface area contributed by atoms with Crippen molar-refractivity contribution in [2.24, 2.45) is 0 Å². The highest BCUT2D eigenvalue weighted by Crippen LogP contribution is 2.24. The van der Waals surface area contributed by atoms with Crippen molar-refractivity contribution in [3.05, 3.63) is 29.9 Å². The molecule has 0 aliphatic carbocycles. The highest BCUT2D eigenvalue weighted by Gasteiger charge is 2.01. The highest BCUT2D eigenvalue weighted by atomic mass is 79.9. The first kappa shape index (κ1) is 10.1. The van der Waals surface area contributed by atoms with E-state index in [2.05, 4.69) is 9.97 Å². The fraction of sp³-hybridized carbons (Fsp3) is 0. The molecule has 2 rings (SSSR count). The average Bonchev–Trinajstić information content (AvgIpc) is 2.54. The van der Waals surface area contributed by atoms with E-state index in [1.165, 1.54) is 11.3 Å². The van der Waals surface area contributed by atoms with Gasteiger partial charge in [0.1, 0.15) is 5.01 Å². The van der Waals surface area contributed by atoms with Gasteiger partial charge < -0.3 is 5.11 Å². The molecule has 0 aliphatic heterocycles. The minimum absolute atomic E-state index is 0. The van der Waals surface area contributed by atoms with E-state index < -0.39 is 0 Å². The molecule has 0 radical (unpaired) electrons. The van der Waals surface area contributed by atoms with E-state index >= 15 is 0 Å². The Morgan fingerprint density at radius 1 is 1.38 bits per heavy atom. The molecule has 2 aromatic heterocycles. The van der Waals surface area contributed by atoms with E-state index in [4.69, 9.17) is 5.11 Å². The van der Waals surface area contributed by atoms with Gasteiger partial charge >= 0.3 is 0 Å². The van der Waals surface area contributed by atoms with Crippen LogP contribution in [0.5, 0.6) is 5.88 Å². The van der Waals surface area contributed by atoms with Crippen LogP contribution >= 0.6 is 28.3 Å².